The highest BCUT2D eigenvalue weighted by atomic mass is 16.5. The molecule has 2 heterocycles. The lowest BCUT2D eigenvalue weighted by Crippen LogP contribution is -2.39. The Labute approximate surface area is 158 Å². The fourth-order valence-electron chi connectivity index (χ4n) is 3.16. The highest BCUT2D eigenvalue weighted by Crippen LogP contribution is 2.26. The van der Waals surface area contributed by atoms with Crippen LogP contribution in [0.4, 0.5) is 11.5 Å². The van der Waals surface area contributed by atoms with E-state index in [1.165, 1.54) is 0 Å². The molecule has 7 nitrogen and oxygen atoms in total. The summed E-state index contributed by atoms with van der Waals surface area (Å²) < 4.78 is 5.26. The van der Waals surface area contributed by atoms with Gasteiger partial charge in [-0.25, -0.2) is 4.98 Å². The molecule has 0 atom stereocenters. The number of hydrogen-bond acceptors (Lipinski definition) is 5. The van der Waals surface area contributed by atoms with Crippen LogP contribution < -0.4 is 15.8 Å². The molecule has 0 bridgehead atoms. The average Bonchev–Trinajstić information content (AvgIpc) is 2.66. The number of benzene rings is 1. The van der Waals surface area contributed by atoms with Crippen LogP contribution in [0.25, 0.3) is 0 Å². The maximum absolute atomic E-state index is 12.7. The number of anilines is 2. The minimum absolute atomic E-state index is 0.0680. The summed E-state index contributed by atoms with van der Waals surface area (Å²) >= 11 is 0. The third kappa shape index (κ3) is 3.86. The van der Waals surface area contributed by atoms with Crippen molar-refractivity contribution in [3.63, 3.8) is 0 Å². The van der Waals surface area contributed by atoms with Gasteiger partial charge in [0.2, 0.25) is 5.91 Å². The molecule has 0 saturated heterocycles. The zero-order valence-electron chi connectivity index (χ0n) is 15.8. The number of rotatable bonds is 4. The number of methoxy groups -OCH3 is 1. The fourth-order valence-corrected chi connectivity index (χ4v) is 3.16. The zero-order chi connectivity index (χ0) is 19.6. The van der Waals surface area contributed by atoms with Crippen molar-refractivity contribution in [3.8, 4) is 5.75 Å². The number of nitrogens with two attached hydrogens (primary N) is 1. The fraction of sp³-hybridized carbons (Fsp3) is 0.350. The van der Waals surface area contributed by atoms with Crippen LogP contribution in [0, 0.1) is 5.92 Å². The topological polar surface area (TPSA) is 97.5 Å². The summed E-state index contributed by atoms with van der Waals surface area (Å²) in [6.45, 7) is 4.81. The van der Waals surface area contributed by atoms with E-state index in [4.69, 9.17) is 10.5 Å². The second-order valence-electron chi connectivity index (χ2n) is 6.85. The van der Waals surface area contributed by atoms with Crippen molar-refractivity contribution in [3.05, 3.63) is 47.2 Å². The van der Waals surface area contributed by atoms with Crippen LogP contribution in [-0.4, -0.2) is 35.4 Å². The number of hydrogen-bond donors (Lipinski definition) is 2. The molecule has 7 heteroatoms. The number of carbonyl (C=O) groups is 2. The number of carbonyl (C=O) groups excluding carboxylic acids is 2. The lowest BCUT2D eigenvalue weighted by atomic mass is 10.0. The molecule has 3 N–H and O–H groups in total. The van der Waals surface area contributed by atoms with Crippen LogP contribution in [0.15, 0.2) is 30.3 Å². The molecule has 3 rings (SSSR count). The molecule has 1 aromatic heterocycles. The number of pyridine rings is 1. The number of nitrogens with zero attached hydrogens (tertiary/aromatic N) is 2. The SMILES string of the molecule is COc1ccccc1NC(=O)c1cc2c(nc1N)CCN(C(=O)C(C)C)C2. The van der Waals surface area contributed by atoms with Gasteiger partial charge in [-0.2, -0.15) is 0 Å². The zero-order valence-corrected chi connectivity index (χ0v) is 15.8. The van der Waals surface area contributed by atoms with Crippen molar-refractivity contribution in [2.24, 2.45) is 5.92 Å². The van der Waals surface area contributed by atoms with E-state index in [0.29, 0.717) is 36.5 Å². The Morgan fingerprint density at radius 1 is 1.30 bits per heavy atom. The van der Waals surface area contributed by atoms with E-state index in [-0.39, 0.29) is 23.6 Å². The van der Waals surface area contributed by atoms with Crippen molar-refractivity contribution >= 4 is 23.3 Å². The molecule has 0 radical (unpaired) electrons. The summed E-state index contributed by atoms with van der Waals surface area (Å²) in [6, 6.07) is 8.88. The summed E-state index contributed by atoms with van der Waals surface area (Å²) in [5.41, 5.74) is 8.57. The molecule has 0 aliphatic carbocycles. The second-order valence-corrected chi connectivity index (χ2v) is 6.85. The summed E-state index contributed by atoms with van der Waals surface area (Å²) in [7, 11) is 1.54. The normalized spacial score (nSPS) is 13.3. The van der Waals surface area contributed by atoms with Gasteiger partial charge in [-0.3, -0.25) is 9.59 Å². The number of nitrogen functional groups attached to an aromatic ring is 1. The van der Waals surface area contributed by atoms with Gasteiger partial charge in [0.1, 0.15) is 11.6 Å². The quantitative estimate of drug-likeness (QED) is 0.864. The second kappa shape index (κ2) is 7.65. The highest BCUT2D eigenvalue weighted by Gasteiger charge is 2.25. The molecule has 2 aromatic rings. The van der Waals surface area contributed by atoms with E-state index in [1.807, 2.05) is 26.0 Å². The van der Waals surface area contributed by atoms with Gasteiger partial charge in [0.05, 0.1) is 18.4 Å². The Balaban J connectivity index is 1.86. The largest absolute Gasteiger partial charge is 0.495 e. The molecular formula is C20H24N4O3. The van der Waals surface area contributed by atoms with Crippen LogP contribution >= 0.6 is 0 Å². The van der Waals surface area contributed by atoms with Crippen molar-refractivity contribution < 1.29 is 14.3 Å². The van der Waals surface area contributed by atoms with Crippen molar-refractivity contribution in [2.75, 3.05) is 24.7 Å². The maximum atomic E-state index is 12.7. The molecule has 0 spiro atoms. The minimum atomic E-state index is -0.361. The Morgan fingerprint density at radius 3 is 2.74 bits per heavy atom. The van der Waals surface area contributed by atoms with Crippen LogP contribution in [0.3, 0.4) is 0 Å². The Kier molecular flexibility index (Phi) is 5.30. The van der Waals surface area contributed by atoms with Crippen LogP contribution in [-0.2, 0) is 17.8 Å². The van der Waals surface area contributed by atoms with Crippen LogP contribution in [0.1, 0.15) is 35.5 Å². The Morgan fingerprint density at radius 2 is 2.04 bits per heavy atom. The first-order chi connectivity index (χ1) is 12.9. The van der Waals surface area contributed by atoms with Gasteiger partial charge in [-0.1, -0.05) is 26.0 Å². The van der Waals surface area contributed by atoms with Gasteiger partial charge in [0.15, 0.2) is 0 Å². The Hall–Kier alpha value is -3.09. The maximum Gasteiger partial charge on any atom is 0.259 e. The molecular weight excluding hydrogens is 344 g/mol. The van der Waals surface area contributed by atoms with Crippen molar-refractivity contribution in [1.29, 1.82) is 0 Å². The number of para-hydroxylation sites is 2. The first-order valence-electron chi connectivity index (χ1n) is 8.92. The lowest BCUT2D eigenvalue weighted by Gasteiger charge is -2.30. The summed E-state index contributed by atoms with van der Waals surface area (Å²) in [6.07, 6.45) is 0.631. The number of amides is 2. The molecule has 0 fully saturated rings. The van der Waals surface area contributed by atoms with Gasteiger partial charge in [0.25, 0.3) is 5.91 Å². The predicted octanol–water partition coefficient (Wildman–Crippen LogP) is 2.47. The smallest absolute Gasteiger partial charge is 0.259 e. The van der Waals surface area contributed by atoms with Crippen molar-refractivity contribution in [2.45, 2.75) is 26.8 Å². The molecule has 0 saturated carbocycles. The molecule has 1 aliphatic rings. The Bertz CT molecular complexity index is 880. The molecule has 0 unspecified atom stereocenters. The van der Waals surface area contributed by atoms with Gasteiger partial charge >= 0.3 is 0 Å². The minimum Gasteiger partial charge on any atom is -0.495 e. The van der Waals surface area contributed by atoms with Crippen molar-refractivity contribution in [1.82, 2.24) is 9.88 Å². The van der Waals surface area contributed by atoms with Crippen LogP contribution in [0.2, 0.25) is 0 Å². The van der Waals surface area contributed by atoms with E-state index in [9.17, 15) is 9.59 Å². The van der Waals surface area contributed by atoms with E-state index in [0.717, 1.165) is 11.3 Å². The van der Waals surface area contributed by atoms with E-state index in [2.05, 4.69) is 10.3 Å². The van der Waals surface area contributed by atoms with Gasteiger partial charge in [0, 0.05) is 31.1 Å². The number of ether oxygens (including phenoxy) is 1. The average molecular weight is 368 g/mol. The summed E-state index contributed by atoms with van der Waals surface area (Å²) in [5.74, 6) is 0.410. The monoisotopic (exact) mass is 368 g/mol. The van der Waals surface area contributed by atoms with Gasteiger partial charge in [-0.15, -0.1) is 0 Å². The third-order valence-corrected chi connectivity index (χ3v) is 4.61. The number of nitrogens with one attached hydrogen (secondary N) is 1. The molecule has 27 heavy (non-hydrogen) atoms. The molecule has 1 aliphatic heterocycles. The summed E-state index contributed by atoms with van der Waals surface area (Å²) in [4.78, 5) is 31.2. The van der Waals surface area contributed by atoms with Gasteiger partial charge in [-0.05, 0) is 23.8 Å². The summed E-state index contributed by atoms with van der Waals surface area (Å²) in [5, 5.41) is 2.81. The van der Waals surface area contributed by atoms with E-state index >= 15 is 0 Å². The highest BCUT2D eigenvalue weighted by molar-refractivity contribution is 6.08. The first kappa shape index (κ1) is 18.7. The van der Waals surface area contributed by atoms with E-state index < -0.39 is 0 Å². The standard InChI is InChI=1S/C20H24N4O3/c1-12(2)20(26)24-9-8-15-13(11-24)10-14(18(21)22-15)19(25)23-16-6-4-5-7-17(16)27-3/h4-7,10,12H,8-9,11H2,1-3H3,(H2,21,22)(H,23,25). The van der Waals surface area contributed by atoms with E-state index in [1.54, 1.807) is 30.2 Å². The first-order valence-corrected chi connectivity index (χ1v) is 8.92. The van der Waals surface area contributed by atoms with Gasteiger partial charge < -0.3 is 20.7 Å². The lowest BCUT2D eigenvalue weighted by molar-refractivity contribution is -0.135. The molecule has 142 valence electrons. The molecule has 2 amide bonds. The third-order valence-electron chi connectivity index (χ3n) is 4.61. The predicted molar refractivity (Wildman–Crippen MR) is 104 cm³/mol. The number of aromatic nitrogens is 1. The van der Waals surface area contributed by atoms with Crippen LogP contribution in [0.5, 0.6) is 5.75 Å². The number of fused-ring (bicyclic) bond motifs is 1. The molecule has 1 aromatic carbocycles.